The van der Waals surface area contributed by atoms with E-state index in [1.54, 1.807) is 19.1 Å². The molecule has 0 saturated carbocycles. The van der Waals surface area contributed by atoms with Crippen LogP contribution in [-0.4, -0.2) is 12.0 Å². The first-order valence-corrected chi connectivity index (χ1v) is 6.80. The van der Waals surface area contributed by atoms with E-state index in [0.29, 0.717) is 5.75 Å². The molecule has 2 rings (SSSR count). The molecule has 112 valence electrons. The predicted molar refractivity (Wildman–Crippen MR) is 77.7 cm³/mol. The topological polar surface area (TPSA) is 34.1 Å². The lowest BCUT2D eigenvalue weighted by atomic mass is 10.2. The minimum Gasteiger partial charge on any atom is -0.439 e. The smallest absolute Gasteiger partial charge is 0.416 e. The Bertz CT molecular complexity index is 659. The van der Waals surface area contributed by atoms with Gasteiger partial charge in [-0.2, -0.15) is 18.2 Å². The number of ether oxygens (including phenoxy) is 1. The molecule has 0 atom stereocenters. The molecule has 1 heterocycles. The number of aromatic nitrogens is 1. The quantitative estimate of drug-likeness (QED) is 0.835. The fraction of sp³-hybridized carbons (Fsp3) is 0.214. The third kappa shape index (κ3) is 3.87. The number of anilines is 1. The maximum absolute atomic E-state index is 12.8. The maximum Gasteiger partial charge on any atom is 0.416 e. The highest BCUT2D eigenvalue weighted by atomic mass is 79.9. The van der Waals surface area contributed by atoms with Crippen molar-refractivity contribution in [2.45, 2.75) is 13.1 Å². The van der Waals surface area contributed by atoms with Gasteiger partial charge in [-0.25, -0.2) is 0 Å². The van der Waals surface area contributed by atoms with Gasteiger partial charge in [0.25, 0.3) is 0 Å². The molecule has 0 amide bonds. The first-order valence-electron chi connectivity index (χ1n) is 6.00. The molecular formula is C14H12BrF3N2O. The first kappa shape index (κ1) is 15.6. The second-order valence-electron chi connectivity index (χ2n) is 4.34. The van der Waals surface area contributed by atoms with Gasteiger partial charge in [0.05, 0.1) is 5.56 Å². The first-order chi connectivity index (χ1) is 9.79. The van der Waals surface area contributed by atoms with Crippen molar-refractivity contribution in [1.29, 1.82) is 0 Å². The molecule has 0 aliphatic heterocycles. The van der Waals surface area contributed by atoms with E-state index in [9.17, 15) is 13.2 Å². The Morgan fingerprint density at radius 3 is 2.52 bits per heavy atom. The van der Waals surface area contributed by atoms with Crippen molar-refractivity contribution in [1.82, 2.24) is 4.98 Å². The van der Waals surface area contributed by atoms with E-state index >= 15 is 0 Å². The van der Waals surface area contributed by atoms with Crippen LogP contribution in [0.3, 0.4) is 0 Å². The van der Waals surface area contributed by atoms with Gasteiger partial charge in [0.15, 0.2) is 0 Å². The molecule has 0 aliphatic carbocycles. The van der Waals surface area contributed by atoms with Crippen LogP contribution in [0, 0.1) is 6.92 Å². The minimum absolute atomic E-state index is 0.0903. The number of hydrogen-bond acceptors (Lipinski definition) is 3. The summed E-state index contributed by atoms with van der Waals surface area (Å²) in [5.74, 6) is 0.418. The Labute approximate surface area is 128 Å². The van der Waals surface area contributed by atoms with Crippen LogP contribution in [0.4, 0.5) is 19.0 Å². The van der Waals surface area contributed by atoms with E-state index < -0.39 is 11.7 Å². The summed E-state index contributed by atoms with van der Waals surface area (Å²) in [5.41, 5.74) is -0.0204. The zero-order valence-electron chi connectivity index (χ0n) is 11.3. The number of rotatable bonds is 3. The third-order valence-corrected chi connectivity index (χ3v) is 3.24. The van der Waals surface area contributed by atoms with Crippen molar-refractivity contribution in [3.8, 4) is 11.6 Å². The summed E-state index contributed by atoms with van der Waals surface area (Å²) in [4.78, 5) is 3.98. The lowest BCUT2D eigenvalue weighted by molar-refractivity contribution is -0.137. The number of halogens is 4. The van der Waals surface area contributed by atoms with Gasteiger partial charge in [0.2, 0.25) is 5.88 Å². The number of alkyl halides is 3. The molecule has 0 saturated heterocycles. The number of pyridine rings is 1. The molecule has 1 aromatic carbocycles. The lowest BCUT2D eigenvalue weighted by Gasteiger charge is -2.13. The van der Waals surface area contributed by atoms with Crippen LogP contribution >= 0.6 is 15.9 Å². The summed E-state index contributed by atoms with van der Waals surface area (Å²) in [6.07, 6.45) is -4.46. The van der Waals surface area contributed by atoms with Gasteiger partial charge in [0, 0.05) is 17.6 Å². The highest BCUT2D eigenvalue weighted by molar-refractivity contribution is 9.10. The Balaban J connectivity index is 2.42. The van der Waals surface area contributed by atoms with Gasteiger partial charge < -0.3 is 10.1 Å². The summed E-state index contributed by atoms with van der Waals surface area (Å²) >= 11 is 3.29. The van der Waals surface area contributed by atoms with Crippen LogP contribution in [0.2, 0.25) is 0 Å². The molecule has 0 fully saturated rings. The van der Waals surface area contributed by atoms with Crippen molar-refractivity contribution in [3.05, 3.63) is 45.9 Å². The SMILES string of the molecule is CNc1cc(C(F)(F)F)cc(Oc2cc(Br)ccc2C)n1. The number of hydrogen-bond donors (Lipinski definition) is 1. The fourth-order valence-electron chi connectivity index (χ4n) is 1.65. The number of aryl methyl sites for hydroxylation is 1. The molecule has 0 bridgehead atoms. The Morgan fingerprint density at radius 2 is 1.90 bits per heavy atom. The van der Waals surface area contributed by atoms with E-state index in [2.05, 4.69) is 26.2 Å². The molecule has 2 aromatic rings. The zero-order chi connectivity index (χ0) is 15.6. The Hall–Kier alpha value is -1.76. The van der Waals surface area contributed by atoms with E-state index in [1.807, 2.05) is 6.07 Å². The van der Waals surface area contributed by atoms with Gasteiger partial charge in [-0.05, 0) is 30.7 Å². The Kier molecular flexibility index (Phi) is 4.41. The number of nitrogens with zero attached hydrogens (tertiary/aromatic N) is 1. The summed E-state index contributed by atoms with van der Waals surface area (Å²) in [6, 6.07) is 7.10. The summed E-state index contributed by atoms with van der Waals surface area (Å²) in [5, 5.41) is 2.59. The van der Waals surface area contributed by atoms with Crippen LogP contribution in [-0.2, 0) is 6.18 Å². The van der Waals surface area contributed by atoms with Crippen LogP contribution in [0.25, 0.3) is 0 Å². The van der Waals surface area contributed by atoms with Gasteiger partial charge >= 0.3 is 6.18 Å². The fourth-order valence-corrected chi connectivity index (χ4v) is 1.99. The van der Waals surface area contributed by atoms with E-state index in [0.717, 1.165) is 22.2 Å². The molecule has 0 spiro atoms. The zero-order valence-corrected chi connectivity index (χ0v) is 12.8. The molecule has 0 radical (unpaired) electrons. The van der Waals surface area contributed by atoms with Gasteiger partial charge in [-0.1, -0.05) is 22.0 Å². The highest BCUT2D eigenvalue weighted by Crippen LogP contribution is 2.34. The largest absolute Gasteiger partial charge is 0.439 e. The second-order valence-corrected chi connectivity index (χ2v) is 5.25. The van der Waals surface area contributed by atoms with Crippen molar-refractivity contribution in [3.63, 3.8) is 0 Å². The highest BCUT2D eigenvalue weighted by Gasteiger charge is 2.32. The predicted octanol–water partition coefficient (Wildman–Crippen LogP) is 5.01. The Morgan fingerprint density at radius 1 is 1.19 bits per heavy atom. The second kappa shape index (κ2) is 5.93. The van der Waals surface area contributed by atoms with Crippen molar-refractivity contribution in [2.24, 2.45) is 0 Å². The molecule has 3 nitrogen and oxygen atoms in total. The average molecular weight is 361 g/mol. The van der Waals surface area contributed by atoms with E-state index in [1.165, 1.54) is 7.05 Å². The van der Waals surface area contributed by atoms with Crippen LogP contribution in [0.15, 0.2) is 34.8 Å². The van der Waals surface area contributed by atoms with Gasteiger partial charge in [0.1, 0.15) is 11.6 Å². The number of benzene rings is 1. The average Bonchev–Trinajstić information content (AvgIpc) is 2.41. The monoisotopic (exact) mass is 360 g/mol. The minimum atomic E-state index is -4.46. The molecule has 0 aliphatic rings. The van der Waals surface area contributed by atoms with Crippen molar-refractivity contribution < 1.29 is 17.9 Å². The van der Waals surface area contributed by atoms with Crippen molar-refractivity contribution >= 4 is 21.7 Å². The molecule has 1 aromatic heterocycles. The van der Waals surface area contributed by atoms with Gasteiger partial charge in [-0.15, -0.1) is 0 Å². The molecule has 7 heteroatoms. The summed E-state index contributed by atoms with van der Waals surface area (Å²) < 4.78 is 44.8. The molecule has 1 N–H and O–H groups in total. The lowest BCUT2D eigenvalue weighted by Crippen LogP contribution is -2.07. The maximum atomic E-state index is 12.8. The van der Waals surface area contributed by atoms with Crippen LogP contribution in [0.5, 0.6) is 11.6 Å². The molecule has 0 unspecified atom stereocenters. The van der Waals surface area contributed by atoms with Crippen LogP contribution in [0.1, 0.15) is 11.1 Å². The number of nitrogens with one attached hydrogen (secondary N) is 1. The van der Waals surface area contributed by atoms with E-state index in [-0.39, 0.29) is 11.7 Å². The molecule has 21 heavy (non-hydrogen) atoms. The normalized spacial score (nSPS) is 11.3. The molecular weight excluding hydrogens is 349 g/mol. The standard InChI is InChI=1S/C14H12BrF3N2O/c1-8-3-4-10(15)7-11(8)21-13-6-9(14(16,17)18)5-12(19-2)20-13/h3-7H,1-2H3,(H,19,20). The summed E-state index contributed by atoms with van der Waals surface area (Å²) in [7, 11) is 1.50. The van der Waals surface area contributed by atoms with Crippen LogP contribution < -0.4 is 10.1 Å². The van der Waals surface area contributed by atoms with Crippen molar-refractivity contribution in [2.75, 3.05) is 12.4 Å². The summed E-state index contributed by atoms with van der Waals surface area (Å²) in [6.45, 7) is 1.80. The third-order valence-electron chi connectivity index (χ3n) is 2.75. The van der Waals surface area contributed by atoms with Gasteiger partial charge in [-0.3, -0.25) is 0 Å². The van der Waals surface area contributed by atoms with E-state index in [4.69, 9.17) is 4.74 Å².